The summed E-state index contributed by atoms with van der Waals surface area (Å²) < 4.78 is 32.7. The summed E-state index contributed by atoms with van der Waals surface area (Å²) >= 11 is 0. The molecule has 1 aliphatic rings. The molecule has 3 N–H and O–H groups in total. The molecule has 7 nitrogen and oxygen atoms in total. The van der Waals surface area contributed by atoms with Gasteiger partial charge in [0, 0.05) is 39.9 Å². The van der Waals surface area contributed by atoms with Gasteiger partial charge in [0.05, 0.1) is 5.75 Å². The van der Waals surface area contributed by atoms with Crippen molar-refractivity contribution in [1.29, 1.82) is 0 Å². The van der Waals surface area contributed by atoms with Gasteiger partial charge in [-0.15, -0.1) is 0 Å². The average Bonchev–Trinajstić information content (AvgIpc) is 3.15. The van der Waals surface area contributed by atoms with Gasteiger partial charge < -0.3 is 15.4 Å². The van der Waals surface area contributed by atoms with Crippen LogP contribution in [-0.4, -0.2) is 47.7 Å². The third-order valence-electron chi connectivity index (χ3n) is 5.68. The SMILES string of the molecule is CN=C(NCc1ccccc1CS(=O)(=O)NC(C)C)NCC1(CCOC)CCCC1. The Balaban J connectivity index is 1.97. The third-order valence-corrected chi connectivity index (χ3v) is 7.20. The molecule has 2 rings (SSSR count). The van der Waals surface area contributed by atoms with Crippen LogP contribution in [-0.2, 0) is 27.1 Å². The summed E-state index contributed by atoms with van der Waals surface area (Å²) in [5, 5.41) is 6.82. The van der Waals surface area contributed by atoms with E-state index in [1.807, 2.05) is 38.1 Å². The Morgan fingerprint density at radius 2 is 1.83 bits per heavy atom. The maximum atomic E-state index is 12.4. The molecule has 0 atom stereocenters. The first-order chi connectivity index (χ1) is 14.3. The highest BCUT2D eigenvalue weighted by atomic mass is 32.2. The van der Waals surface area contributed by atoms with Gasteiger partial charge in [0.1, 0.15) is 0 Å². The zero-order valence-electron chi connectivity index (χ0n) is 18.8. The number of nitrogens with zero attached hydrogens (tertiary/aromatic N) is 1. The summed E-state index contributed by atoms with van der Waals surface area (Å²) in [6.07, 6.45) is 6.01. The van der Waals surface area contributed by atoms with Crippen LogP contribution in [0.25, 0.3) is 0 Å². The van der Waals surface area contributed by atoms with Gasteiger partial charge in [-0.3, -0.25) is 4.99 Å². The molecular weight excluding hydrogens is 400 g/mol. The van der Waals surface area contributed by atoms with Crippen molar-refractivity contribution >= 4 is 16.0 Å². The Hall–Kier alpha value is -1.64. The zero-order chi connectivity index (χ0) is 22.0. The topological polar surface area (TPSA) is 91.8 Å². The second-order valence-corrected chi connectivity index (χ2v) is 10.3. The van der Waals surface area contributed by atoms with Crippen molar-refractivity contribution in [3.05, 3.63) is 35.4 Å². The largest absolute Gasteiger partial charge is 0.385 e. The molecular formula is C22H38N4O3S. The number of benzene rings is 1. The fourth-order valence-corrected chi connectivity index (χ4v) is 5.60. The smallest absolute Gasteiger partial charge is 0.216 e. The summed E-state index contributed by atoms with van der Waals surface area (Å²) in [5.41, 5.74) is 2.01. The molecule has 1 fully saturated rings. The Morgan fingerprint density at radius 3 is 2.43 bits per heavy atom. The number of sulfonamides is 1. The molecule has 0 bridgehead atoms. The summed E-state index contributed by atoms with van der Waals surface area (Å²) in [7, 11) is 0.139. The highest BCUT2D eigenvalue weighted by Gasteiger charge is 2.33. The first kappa shape index (κ1) is 24.6. The van der Waals surface area contributed by atoms with Gasteiger partial charge >= 0.3 is 0 Å². The Labute approximate surface area is 182 Å². The van der Waals surface area contributed by atoms with Crippen LogP contribution in [0.4, 0.5) is 0 Å². The van der Waals surface area contributed by atoms with Gasteiger partial charge in [0.25, 0.3) is 0 Å². The molecule has 0 heterocycles. The molecule has 8 heteroatoms. The van der Waals surface area contributed by atoms with E-state index >= 15 is 0 Å². The fourth-order valence-electron chi connectivity index (χ4n) is 4.11. The van der Waals surface area contributed by atoms with E-state index in [4.69, 9.17) is 4.74 Å². The van der Waals surface area contributed by atoms with Crippen molar-refractivity contribution in [3.63, 3.8) is 0 Å². The number of ether oxygens (including phenoxy) is 1. The molecule has 1 saturated carbocycles. The standard InChI is InChI=1S/C22H38N4O3S/c1-18(2)26-30(27,28)16-20-10-6-5-9-19(20)15-24-21(23-3)25-17-22(13-14-29-4)11-7-8-12-22/h5-6,9-10,18,26H,7-8,11-17H2,1-4H3,(H2,23,24,25). The van der Waals surface area contributed by atoms with E-state index in [1.165, 1.54) is 25.7 Å². The third kappa shape index (κ3) is 7.89. The highest BCUT2D eigenvalue weighted by molar-refractivity contribution is 7.88. The monoisotopic (exact) mass is 438 g/mol. The number of nitrogens with one attached hydrogen (secondary N) is 3. The maximum absolute atomic E-state index is 12.4. The van der Waals surface area contributed by atoms with Crippen LogP contribution >= 0.6 is 0 Å². The van der Waals surface area contributed by atoms with Crippen molar-refractivity contribution in [3.8, 4) is 0 Å². The lowest BCUT2D eigenvalue weighted by molar-refractivity contribution is 0.138. The molecule has 0 unspecified atom stereocenters. The second-order valence-electron chi connectivity index (χ2n) is 8.53. The van der Waals surface area contributed by atoms with Crippen LogP contribution in [0.1, 0.15) is 57.1 Å². The highest BCUT2D eigenvalue weighted by Crippen LogP contribution is 2.40. The number of guanidine groups is 1. The number of rotatable bonds is 11. The molecule has 0 spiro atoms. The first-order valence-corrected chi connectivity index (χ1v) is 12.4. The molecule has 1 aromatic carbocycles. The van der Waals surface area contributed by atoms with Crippen LogP contribution < -0.4 is 15.4 Å². The Morgan fingerprint density at radius 1 is 1.17 bits per heavy atom. The molecule has 0 saturated heterocycles. The molecule has 1 aromatic rings. The van der Waals surface area contributed by atoms with E-state index in [0.717, 1.165) is 36.7 Å². The maximum Gasteiger partial charge on any atom is 0.216 e. The second kappa shape index (κ2) is 11.7. The molecule has 0 aliphatic heterocycles. The van der Waals surface area contributed by atoms with Gasteiger partial charge in [0.2, 0.25) is 10.0 Å². The fraction of sp³-hybridized carbons (Fsp3) is 0.682. The van der Waals surface area contributed by atoms with Crippen molar-refractivity contribution in [2.75, 3.05) is 27.3 Å². The quantitative estimate of drug-likeness (QED) is 0.365. The van der Waals surface area contributed by atoms with Crippen molar-refractivity contribution in [2.45, 2.75) is 64.3 Å². The molecule has 30 heavy (non-hydrogen) atoms. The summed E-state index contributed by atoms with van der Waals surface area (Å²) in [5.74, 6) is 0.700. The summed E-state index contributed by atoms with van der Waals surface area (Å²) in [6.45, 7) is 5.80. The van der Waals surface area contributed by atoms with Gasteiger partial charge in [-0.25, -0.2) is 13.1 Å². The molecule has 170 valence electrons. The predicted octanol–water partition coefficient (Wildman–Crippen LogP) is 2.78. The molecule has 0 amide bonds. The number of methoxy groups -OCH3 is 1. The molecule has 0 radical (unpaired) electrons. The lowest BCUT2D eigenvalue weighted by Gasteiger charge is -2.30. The van der Waals surface area contributed by atoms with E-state index in [2.05, 4.69) is 20.3 Å². The first-order valence-electron chi connectivity index (χ1n) is 10.8. The normalized spacial score (nSPS) is 16.8. The van der Waals surface area contributed by atoms with Crippen LogP contribution in [0.3, 0.4) is 0 Å². The Kier molecular flexibility index (Phi) is 9.58. The van der Waals surface area contributed by atoms with Crippen molar-refractivity contribution in [2.24, 2.45) is 10.4 Å². The minimum Gasteiger partial charge on any atom is -0.385 e. The van der Waals surface area contributed by atoms with E-state index in [-0.39, 0.29) is 17.2 Å². The molecule has 0 aromatic heterocycles. The Bertz CT molecular complexity index is 787. The van der Waals surface area contributed by atoms with Gasteiger partial charge in [-0.1, -0.05) is 37.1 Å². The number of hydrogen-bond donors (Lipinski definition) is 3. The number of aliphatic imine (C=N–C) groups is 1. The van der Waals surface area contributed by atoms with Crippen molar-refractivity contribution in [1.82, 2.24) is 15.4 Å². The van der Waals surface area contributed by atoms with Crippen LogP contribution in [0.15, 0.2) is 29.3 Å². The van der Waals surface area contributed by atoms with Crippen LogP contribution in [0.5, 0.6) is 0 Å². The summed E-state index contributed by atoms with van der Waals surface area (Å²) in [4.78, 5) is 4.35. The number of hydrogen-bond acceptors (Lipinski definition) is 4. The van der Waals surface area contributed by atoms with Crippen molar-refractivity contribution < 1.29 is 13.2 Å². The molecule has 1 aliphatic carbocycles. The lowest BCUT2D eigenvalue weighted by atomic mass is 9.83. The lowest BCUT2D eigenvalue weighted by Crippen LogP contribution is -2.43. The van der Waals surface area contributed by atoms with E-state index in [9.17, 15) is 8.42 Å². The van der Waals surface area contributed by atoms with E-state index in [1.54, 1.807) is 14.2 Å². The average molecular weight is 439 g/mol. The zero-order valence-corrected chi connectivity index (χ0v) is 19.6. The van der Waals surface area contributed by atoms with E-state index in [0.29, 0.717) is 6.54 Å². The van der Waals surface area contributed by atoms with E-state index < -0.39 is 10.0 Å². The van der Waals surface area contributed by atoms with Gasteiger partial charge in [0.15, 0.2) is 5.96 Å². The van der Waals surface area contributed by atoms with Gasteiger partial charge in [-0.2, -0.15) is 0 Å². The summed E-state index contributed by atoms with van der Waals surface area (Å²) in [6, 6.07) is 7.50. The predicted molar refractivity (Wildman–Crippen MR) is 123 cm³/mol. The minimum atomic E-state index is -3.37. The van der Waals surface area contributed by atoms with Crippen LogP contribution in [0, 0.1) is 5.41 Å². The van der Waals surface area contributed by atoms with Crippen LogP contribution in [0.2, 0.25) is 0 Å². The minimum absolute atomic E-state index is 0.0325. The van der Waals surface area contributed by atoms with Gasteiger partial charge in [-0.05, 0) is 49.7 Å².